The number of piperidine rings is 1. The van der Waals surface area contributed by atoms with E-state index in [0.29, 0.717) is 0 Å². The number of rotatable bonds is 3. The van der Waals surface area contributed by atoms with Crippen LogP contribution in [0.4, 0.5) is 0 Å². The first kappa shape index (κ1) is 18.1. The summed E-state index contributed by atoms with van der Waals surface area (Å²) in [6, 6.07) is 11.6. The predicted octanol–water partition coefficient (Wildman–Crippen LogP) is 2.31. The smallest absolute Gasteiger partial charge is 0.0594 e. The summed E-state index contributed by atoms with van der Waals surface area (Å²) in [6.45, 7) is 7.67. The molecule has 0 spiro atoms. The van der Waals surface area contributed by atoms with Crippen molar-refractivity contribution in [3.63, 3.8) is 0 Å². The molecule has 1 aromatic carbocycles. The minimum absolute atomic E-state index is 0. The molecule has 0 unspecified atom stereocenters. The fraction of sp³-hybridized carbons (Fsp3) is 0.625. The lowest BCUT2D eigenvalue weighted by Gasteiger charge is -2.40. The SMILES string of the molecule is N.N.c1ccc(CN2CCC(N3CCOCC3)CC2)cc1. The van der Waals surface area contributed by atoms with Crippen LogP contribution in [0.5, 0.6) is 0 Å². The number of morpholine rings is 1. The first-order valence-electron chi connectivity index (χ1n) is 7.50. The third kappa shape index (κ3) is 5.05. The van der Waals surface area contributed by atoms with Gasteiger partial charge in [-0.05, 0) is 31.5 Å². The van der Waals surface area contributed by atoms with Crippen molar-refractivity contribution in [3.05, 3.63) is 35.9 Å². The Hall–Kier alpha value is -0.980. The lowest BCUT2D eigenvalue weighted by atomic mass is 10.0. The normalized spacial score (nSPS) is 21.3. The quantitative estimate of drug-likeness (QED) is 0.893. The highest BCUT2D eigenvalue weighted by molar-refractivity contribution is 5.14. The molecule has 2 aliphatic heterocycles. The van der Waals surface area contributed by atoms with Gasteiger partial charge in [0.2, 0.25) is 0 Å². The maximum Gasteiger partial charge on any atom is 0.0594 e. The lowest BCUT2D eigenvalue weighted by molar-refractivity contribution is 0.000231. The van der Waals surface area contributed by atoms with Crippen LogP contribution in [-0.2, 0) is 11.3 Å². The van der Waals surface area contributed by atoms with E-state index in [9.17, 15) is 0 Å². The van der Waals surface area contributed by atoms with Crippen LogP contribution in [0.2, 0.25) is 0 Å². The van der Waals surface area contributed by atoms with Gasteiger partial charge in [0.1, 0.15) is 0 Å². The Bertz CT molecular complexity index is 373. The summed E-state index contributed by atoms with van der Waals surface area (Å²) in [4.78, 5) is 5.22. The first-order chi connectivity index (χ1) is 9.42. The van der Waals surface area contributed by atoms with E-state index in [1.807, 2.05) is 0 Å². The summed E-state index contributed by atoms with van der Waals surface area (Å²) in [5.41, 5.74) is 1.44. The van der Waals surface area contributed by atoms with Crippen molar-refractivity contribution >= 4 is 0 Å². The van der Waals surface area contributed by atoms with Crippen molar-refractivity contribution in [2.45, 2.75) is 25.4 Å². The lowest BCUT2D eigenvalue weighted by Crippen LogP contribution is -2.48. The van der Waals surface area contributed by atoms with Gasteiger partial charge in [-0.3, -0.25) is 9.80 Å². The zero-order valence-electron chi connectivity index (χ0n) is 13.0. The molecule has 0 aromatic heterocycles. The van der Waals surface area contributed by atoms with Crippen LogP contribution in [0, 0.1) is 0 Å². The molecular weight excluding hydrogens is 264 g/mol. The molecule has 21 heavy (non-hydrogen) atoms. The number of likely N-dealkylation sites (tertiary alicyclic amines) is 1. The Labute approximate surface area is 128 Å². The van der Waals surface area contributed by atoms with Gasteiger partial charge in [0, 0.05) is 25.7 Å². The number of ether oxygens (including phenoxy) is 1. The van der Waals surface area contributed by atoms with Gasteiger partial charge in [0.05, 0.1) is 13.2 Å². The van der Waals surface area contributed by atoms with Gasteiger partial charge in [0.25, 0.3) is 0 Å². The van der Waals surface area contributed by atoms with Gasteiger partial charge in [0.15, 0.2) is 0 Å². The van der Waals surface area contributed by atoms with Crippen LogP contribution in [-0.4, -0.2) is 55.2 Å². The van der Waals surface area contributed by atoms with Gasteiger partial charge in [-0.2, -0.15) is 0 Å². The standard InChI is InChI=1S/C16H24N2O.2H3N/c1-2-4-15(5-3-1)14-17-8-6-16(7-9-17)18-10-12-19-13-11-18;;/h1-5,16H,6-14H2;2*1H3. The molecule has 0 radical (unpaired) electrons. The first-order valence-corrected chi connectivity index (χ1v) is 7.50. The molecule has 0 amide bonds. The van der Waals surface area contributed by atoms with Crippen LogP contribution in [0.15, 0.2) is 30.3 Å². The van der Waals surface area contributed by atoms with Gasteiger partial charge in [-0.25, -0.2) is 0 Å². The van der Waals surface area contributed by atoms with Crippen molar-refractivity contribution in [2.75, 3.05) is 39.4 Å². The number of benzene rings is 1. The van der Waals surface area contributed by atoms with Crippen molar-refractivity contribution in [2.24, 2.45) is 0 Å². The molecule has 2 aliphatic rings. The van der Waals surface area contributed by atoms with Crippen LogP contribution in [0.3, 0.4) is 0 Å². The van der Waals surface area contributed by atoms with Gasteiger partial charge in [-0.1, -0.05) is 30.3 Å². The molecule has 3 rings (SSSR count). The summed E-state index contributed by atoms with van der Waals surface area (Å²) >= 11 is 0. The molecule has 5 heteroatoms. The van der Waals surface area contributed by atoms with E-state index in [0.717, 1.165) is 38.9 Å². The molecule has 5 nitrogen and oxygen atoms in total. The largest absolute Gasteiger partial charge is 0.379 e. The van der Waals surface area contributed by atoms with E-state index in [4.69, 9.17) is 4.74 Å². The predicted molar refractivity (Wildman–Crippen MR) is 87.2 cm³/mol. The van der Waals surface area contributed by atoms with Crippen molar-refractivity contribution in [3.8, 4) is 0 Å². The molecule has 2 fully saturated rings. The maximum atomic E-state index is 5.44. The summed E-state index contributed by atoms with van der Waals surface area (Å²) in [5, 5.41) is 0. The fourth-order valence-corrected chi connectivity index (χ4v) is 3.23. The highest BCUT2D eigenvalue weighted by Crippen LogP contribution is 2.19. The van der Waals surface area contributed by atoms with Crippen LogP contribution in [0.1, 0.15) is 18.4 Å². The number of hydrogen-bond donors (Lipinski definition) is 2. The average molecular weight is 294 g/mol. The zero-order chi connectivity index (χ0) is 12.9. The summed E-state index contributed by atoms with van der Waals surface area (Å²) in [5.74, 6) is 0. The van der Waals surface area contributed by atoms with Crippen LogP contribution < -0.4 is 12.3 Å². The minimum atomic E-state index is 0. The van der Waals surface area contributed by atoms with Crippen molar-refractivity contribution < 1.29 is 4.74 Å². The molecule has 1 aromatic rings. The van der Waals surface area contributed by atoms with E-state index in [1.54, 1.807) is 0 Å². The Morgan fingerprint density at radius 3 is 2.14 bits per heavy atom. The maximum absolute atomic E-state index is 5.44. The molecule has 0 saturated carbocycles. The summed E-state index contributed by atoms with van der Waals surface area (Å²) in [6.07, 6.45) is 2.62. The third-order valence-corrected chi connectivity index (χ3v) is 4.37. The molecule has 0 bridgehead atoms. The molecular formula is C16H30N4O. The van der Waals surface area contributed by atoms with E-state index in [2.05, 4.69) is 40.1 Å². The third-order valence-electron chi connectivity index (χ3n) is 4.37. The Morgan fingerprint density at radius 2 is 1.52 bits per heavy atom. The van der Waals surface area contributed by atoms with Crippen LogP contribution in [0.25, 0.3) is 0 Å². The second-order valence-corrected chi connectivity index (χ2v) is 5.64. The van der Waals surface area contributed by atoms with Gasteiger partial charge in [-0.15, -0.1) is 0 Å². The van der Waals surface area contributed by atoms with Gasteiger partial charge >= 0.3 is 0 Å². The molecule has 2 heterocycles. The number of hydrogen-bond acceptors (Lipinski definition) is 5. The van der Waals surface area contributed by atoms with E-state index in [1.165, 1.54) is 31.5 Å². The van der Waals surface area contributed by atoms with E-state index < -0.39 is 0 Å². The summed E-state index contributed by atoms with van der Waals surface area (Å²) in [7, 11) is 0. The monoisotopic (exact) mass is 294 g/mol. The second kappa shape index (κ2) is 9.12. The Balaban J connectivity index is 0.00000110. The van der Waals surface area contributed by atoms with E-state index in [-0.39, 0.29) is 12.3 Å². The average Bonchev–Trinajstić information content (AvgIpc) is 2.50. The topological polar surface area (TPSA) is 85.7 Å². The van der Waals surface area contributed by atoms with E-state index >= 15 is 0 Å². The van der Waals surface area contributed by atoms with Crippen molar-refractivity contribution in [1.29, 1.82) is 0 Å². The highest BCUT2D eigenvalue weighted by Gasteiger charge is 2.25. The summed E-state index contributed by atoms with van der Waals surface area (Å²) < 4.78 is 5.44. The molecule has 6 N–H and O–H groups in total. The zero-order valence-corrected chi connectivity index (χ0v) is 13.0. The van der Waals surface area contributed by atoms with Gasteiger partial charge < -0.3 is 17.0 Å². The molecule has 0 aliphatic carbocycles. The molecule has 120 valence electrons. The van der Waals surface area contributed by atoms with Crippen LogP contribution >= 0.6 is 0 Å². The second-order valence-electron chi connectivity index (χ2n) is 5.64. The number of nitrogens with zero attached hydrogens (tertiary/aromatic N) is 2. The van der Waals surface area contributed by atoms with Crippen molar-refractivity contribution in [1.82, 2.24) is 22.1 Å². The highest BCUT2D eigenvalue weighted by atomic mass is 16.5. The Kier molecular flexibility index (Phi) is 7.85. The molecule has 2 saturated heterocycles. The fourth-order valence-electron chi connectivity index (χ4n) is 3.23. The minimum Gasteiger partial charge on any atom is -0.379 e. The molecule has 0 atom stereocenters. The Morgan fingerprint density at radius 1 is 0.905 bits per heavy atom.